The molecule has 0 unspecified atom stereocenters. The summed E-state index contributed by atoms with van der Waals surface area (Å²) in [4.78, 5) is 11.4. The first-order chi connectivity index (χ1) is 6.79. The Morgan fingerprint density at radius 1 is 1.07 bits per heavy atom. The van der Waals surface area contributed by atoms with Gasteiger partial charge in [-0.1, -0.05) is 11.6 Å². The summed E-state index contributed by atoms with van der Waals surface area (Å²) in [5, 5.41) is -0.171. The highest BCUT2D eigenvalue weighted by molar-refractivity contribution is 6.29. The van der Waals surface area contributed by atoms with Crippen molar-refractivity contribution >= 4 is 11.6 Å². The number of hydrogen-bond acceptors (Lipinski definition) is 3. The van der Waals surface area contributed by atoms with Crippen molar-refractivity contribution < 1.29 is 4.39 Å². The fourth-order valence-electron chi connectivity index (χ4n) is 1.03. The minimum atomic E-state index is -0.597. The van der Waals surface area contributed by atoms with E-state index in [-0.39, 0.29) is 10.7 Å². The quantitative estimate of drug-likeness (QED) is 0.677. The van der Waals surface area contributed by atoms with Crippen molar-refractivity contribution in [3.05, 3.63) is 41.7 Å². The Hall–Kier alpha value is -1.55. The fraction of sp³-hybridized carbons (Fsp3) is 0. The van der Waals surface area contributed by atoms with Crippen LogP contribution in [-0.2, 0) is 0 Å². The van der Waals surface area contributed by atoms with Crippen LogP contribution in [0.5, 0.6) is 0 Å². The third-order valence-corrected chi connectivity index (χ3v) is 1.92. The van der Waals surface area contributed by atoms with Gasteiger partial charge < -0.3 is 0 Å². The van der Waals surface area contributed by atoms with Gasteiger partial charge in [0.1, 0.15) is 0 Å². The van der Waals surface area contributed by atoms with Gasteiger partial charge in [-0.2, -0.15) is 0 Å². The van der Waals surface area contributed by atoms with Crippen molar-refractivity contribution in [2.45, 2.75) is 0 Å². The lowest BCUT2D eigenvalue weighted by Crippen LogP contribution is -1.92. The van der Waals surface area contributed by atoms with Gasteiger partial charge in [0.05, 0.1) is 5.56 Å². The van der Waals surface area contributed by atoms with E-state index in [2.05, 4.69) is 15.0 Å². The van der Waals surface area contributed by atoms with E-state index < -0.39 is 5.82 Å². The van der Waals surface area contributed by atoms with E-state index in [1.54, 1.807) is 6.07 Å². The van der Waals surface area contributed by atoms with Crippen molar-refractivity contribution in [3.8, 4) is 11.4 Å². The van der Waals surface area contributed by atoms with Gasteiger partial charge in [0.2, 0.25) is 0 Å². The molecule has 2 aromatic heterocycles. The van der Waals surface area contributed by atoms with Crippen LogP contribution in [0.25, 0.3) is 11.4 Å². The van der Waals surface area contributed by atoms with Crippen molar-refractivity contribution in [3.63, 3.8) is 0 Å². The minimum Gasteiger partial charge on any atom is -0.242 e. The highest BCUT2D eigenvalue weighted by Gasteiger charge is 2.10. The summed E-state index contributed by atoms with van der Waals surface area (Å²) < 4.78 is 13.4. The van der Waals surface area contributed by atoms with Gasteiger partial charge in [0.15, 0.2) is 16.8 Å². The van der Waals surface area contributed by atoms with Gasteiger partial charge in [-0.3, -0.25) is 0 Å². The standard InChI is InChI=1S/C9H5ClFN3/c10-8-7(11)6(2-5-12-8)9-13-3-1-4-14-9/h1-5H. The lowest BCUT2D eigenvalue weighted by atomic mass is 10.2. The fourth-order valence-corrected chi connectivity index (χ4v) is 1.19. The molecule has 0 aliphatic carbocycles. The van der Waals surface area contributed by atoms with E-state index >= 15 is 0 Å². The van der Waals surface area contributed by atoms with Crippen molar-refractivity contribution in [2.24, 2.45) is 0 Å². The van der Waals surface area contributed by atoms with Crippen LogP contribution < -0.4 is 0 Å². The number of pyridine rings is 1. The lowest BCUT2D eigenvalue weighted by molar-refractivity contribution is 0.624. The van der Waals surface area contributed by atoms with E-state index in [1.807, 2.05) is 0 Å². The average Bonchev–Trinajstić information content (AvgIpc) is 2.23. The molecule has 2 aromatic rings. The maximum absolute atomic E-state index is 13.4. The average molecular weight is 210 g/mol. The second-order valence-corrected chi connectivity index (χ2v) is 2.89. The minimum absolute atomic E-state index is 0.171. The number of nitrogens with zero attached hydrogens (tertiary/aromatic N) is 3. The van der Waals surface area contributed by atoms with Gasteiger partial charge in [0, 0.05) is 18.6 Å². The van der Waals surface area contributed by atoms with Crippen molar-refractivity contribution in [2.75, 3.05) is 0 Å². The van der Waals surface area contributed by atoms with E-state index in [9.17, 15) is 4.39 Å². The van der Waals surface area contributed by atoms with E-state index in [0.29, 0.717) is 5.82 Å². The van der Waals surface area contributed by atoms with Gasteiger partial charge in [-0.25, -0.2) is 19.3 Å². The molecule has 5 heteroatoms. The number of halogens is 2. The summed E-state index contributed by atoms with van der Waals surface area (Å²) in [5.74, 6) is -0.297. The summed E-state index contributed by atoms with van der Waals surface area (Å²) in [6, 6.07) is 3.14. The maximum atomic E-state index is 13.4. The van der Waals surface area contributed by atoms with Crippen LogP contribution >= 0.6 is 11.6 Å². The van der Waals surface area contributed by atoms with Gasteiger partial charge in [-0.05, 0) is 12.1 Å². The Kier molecular flexibility index (Phi) is 2.37. The second-order valence-electron chi connectivity index (χ2n) is 2.54. The first-order valence-corrected chi connectivity index (χ1v) is 4.24. The van der Waals surface area contributed by atoms with Crippen LogP contribution in [0.4, 0.5) is 4.39 Å². The van der Waals surface area contributed by atoms with E-state index in [0.717, 1.165) is 0 Å². The molecule has 0 amide bonds. The molecule has 0 aliphatic rings. The molecule has 0 atom stereocenters. The summed E-state index contributed by atoms with van der Waals surface area (Å²) in [6.07, 6.45) is 4.49. The Bertz CT molecular complexity index is 447. The van der Waals surface area contributed by atoms with Crippen LogP contribution in [0.15, 0.2) is 30.7 Å². The molecule has 0 radical (unpaired) electrons. The maximum Gasteiger partial charge on any atom is 0.171 e. The molecule has 2 rings (SSSR count). The van der Waals surface area contributed by atoms with Gasteiger partial charge in [0.25, 0.3) is 0 Å². The zero-order chi connectivity index (χ0) is 9.97. The summed E-state index contributed by atoms with van der Waals surface area (Å²) >= 11 is 5.52. The first kappa shape index (κ1) is 9.02. The zero-order valence-corrected chi connectivity index (χ0v) is 7.74. The number of aromatic nitrogens is 3. The number of hydrogen-bond donors (Lipinski definition) is 0. The smallest absolute Gasteiger partial charge is 0.171 e. The molecular weight excluding hydrogens is 205 g/mol. The molecule has 0 bridgehead atoms. The van der Waals surface area contributed by atoms with E-state index in [4.69, 9.17) is 11.6 Å². The molecule has 0 N–H and O–H groups in total. The lowest BCUT2D eigenvalue weighted by Gasteiger charge is -2.00. The van der Waals surface area contributed by atoms with Crippen LogP contribution in [0.3, 0.4) is 0 Å². The summed E-state index contributed by atoms with van der Waals surface area (Å²) in [6.45, 7) is 0. The molecule has 70 valence electrons. The SMILES string of the molecule is Fc1c(-c2ncccn2)ccnc1Cl. The molecule has 0 spiro atoms. The highest BCUT2D eigenvalue weighted by Crippen LogP contribution is 2.22. The Morgan fingerprint density at radius 2 is 1.79 bits per heavy atom. The first-order valence-electron chi connectivity index (χ1n) is 3.86. The normalized spacial score (nSPS) is 10.1. The highest BCUT2D eigenvalue weighted by atomic mass is 35.5. The monoisotopic (exact) mass is 209 g/mol. The number of rotatable bonds is 1. The molecule has 0 saturated carbocycles. The molecule has 0 fully saturated rings. The molecular formula is C9H5ClFN3. The Labute approximate surface area is 84.6 Å². The second kappa shape index (κ2) is 3.67. The molecule has 2 heterocycles. The van der Waals surface area contributed by atoms with Crippen molar-refractivity contribution in [1.29, 1.82) is 0 Å². The largest absolute Gasteiger partial charge is 0.242 e. The third kappa shape index (κ3) is 1.56. The molecule has 0 aliphatic heterocycles. The van der Waals surface area contributed by atoms with Crippen LogP contribution in [0.1, 0.15) is 0 Å². The summed E-state index contributed by atoms with van der Waals surface area (Å²) in [5.41, 5.74) is 0.255. The Balaban J connectivity index is 2.58. The Morgan fingerprint density at radius 3 is 2.50 bits per heavy atom. The van der Waals surface area contributed by atoms with Crippen molar-refractivity contribution in [1.82, 2.24) is 15.0 Å². The van der Waals surface area contributed by atoms with Gasteiger partial charge in [-0.15, -0.1) is 0 Å². The van der Waals surface area contributed by atoms with Crippen LogP contribution in [-0.4, -0.2) is 15.0 Å². The predicted octanol–water partition coefficient (Wildman–Crippen LogP) is 2.33. The topological polar surface area (TPSA) is 38.7 Å². The van der Waals surface area contributed by atoms with E-state index in [1.165, 1.54) is 24.7 Å². The molecule has 0 aromatic carbocycles. The van der Waals surface area contributed by atoms with Crippen LogP contribution in [0, 0.1) is 5.82 Å². The molecule has 0 saturated heterocycles. The van der Waals surface area contributed by atoms with Crippen LogP contribution in [0.2, 0.25) is 5.15 Å². The predicted molar refractivity (Wildman–Crippen MR) is 50.2 cm³/mol. The third-order valence-electron chi connectivity index (χ3n) is 1.65. The van der Waals surface area contributed by atoms with Gasteiger partial charge >= 0.3 is 0 Å². The molecule has 14 heavy (non-hydrogen) atoms. The zero-order valence-electron chi connectivity index (χ0n) is 6.98. The molecule has 3 nitrogen and oxygen atoms in total. The summed E-state index contributed by atoms with van der Waals surface area (Å²) in [7, 11) is 0.